The van der Waals surface area contributed by atoms with Crippen LogP contribution < -0.4 is 15.8 Å². The van der Waals surface area contributed by atoms with Gasteiger partial charge >= 0.3 is 5.97 Å². The van der Waals surface area contributed by atoms with E-state index >= 15 is 0 Å². The number of carbonyl (C=O) groups is 2. The first-order valence-electron chi connectivity index (χ1n) is 11.0. The van der Waals surface area contributed by atoms with Gasteiger partial charge in [-0.05, 0) is 36.4 Å². The fraction of sp³-hybridized carbons (Fsp3) is 0.308. The number of nitrogen functional groups attached to an aromatic ring is 1. The Bertz CT molecular complexity index is 1060. The van der Waals surface area contributed by atoms with E-state index in [0.29, 0.717) is 35.7 Å². The summed E-state index contributed by atoms with van der Waals surface area (Å²) in [5.74, 6) is 0.158. The molecule has 3 N–H and O–H groups in total. The lowest BCUT2D eigenvalue weighted by Gasteiger charge is -2.13. The number of hydrogen-bond acceptors (Lipinski definition) is 5. The van der Waals surface area contributed by atoms with Crippen molar-refractivity contribution in [2.45, 2.75) is 38.5 Å². The molecule has 0 aromatic heterocycles. The number of carbonyl (C=O) groups excluding carboxylic acids is 2. The number of ether oxygens (including phenoxy) is 2. The van der Waals surface area contributed by atoms with Gasteiger partial charge in [0.1, 0.15) is 11.3 Å². The molecule has 0 fully saturated rings. The average molecular weight is 435 g/mol. The van der Waals surface area contributed by atoms with Crippen LogP contribution in [0.3, 0.4) is 0 Å². The molecule has 0 aliphatic heterocycles. The predicted octanol–water partition coefficient (Wildman–Crippen LogP) is 5.57. The molecular weight excluding hydrogens is 404 g/mol. The van der Waals surface area contributed by atoms with Crippen molar-refractivity contribution in [2.75, 3.05) is 24.8 Å². The Kier molecular flexibility index (Phi) is 8.49. The molecule has 0 spiro atoms. The molecule has 1 amide bonds. The van der Waals surface area contributed by atoms with Gasteiger partial charge in [-0.1, -0.05) is 61.7 Å². The van der Waals surface area contributed by atoms with E-state index in [9.17, 15) is 9.59 Å². The lowest BCUT2D eigenvalue weighted by Crippen LogP contribution is -2.12. The van der Waals surface area contributed by atoms with Gasteiger partial charge in [-0.15, -0.1) is 0 Å². The molecule has 0 heterocycles. The van der Waals surface area contributed by atoms with Gasteiger partial charge in [-0.2, -0.15) is 0 Å². The largest absolute Gasteiger partial charge is 0.492 e. The van der Waals surface area contributed by atoms with E-state index in [1.165, 1.54) is 7.11 Å². The summed E-state index contributed by atoms with van der Waals surface area (Å²) in [7, 11) is 1.37. The van der Waals surface area contributed by atoms with Crippen LogP contribution in [0, 0.1) is 0 Å². The zero-order chi connectivity index (χ0) is 22.8. The third-order valence-corrected chi connectivity index (χ3v) is 5.31. The molecule has 32 heavy (non-hydrogen) atoms. The number of amides is 1. The topological polar surface area (TPSA) is 90.6 Å². The molecule has 0 unspecified atom stereocenters. The van der Waals surface area contributed by atoms with Crippen LogP contribution in [0.25, 0.3) is 10.8 Å². The van der Waals surface area contributed by atoms with E-state index in [-0.39, 0.29) is 5.91 Å². The number of rotatable bonds is 11. The highest BCUT2D eigenvalue weighted by Gasteiger charge is 2.16. The van der Waals surface area contributed by atoms with Gasteiger partial charge in [0, 0.05) is 11.8 Å². The predicted molar refractivity (Wildman–Crippen MR) is 128 cm³/mol. The first-order valence-corrected chi connectivity index (χ1v) is 11.0. The van der Waals surface area contributed by atoms with Crippen LogP contribution in [0.2, 0.25) is 0 Å². The van der Waals surface area contributed by atoms with E-state index < -0.39 is 5.97 Å². The standard InChI is InChI=1S/C26H30N2O4/c1-31-26(30)21-17-16-19-11-6-7-12-20(19)25(21)32-18-10-4-2-3-5-15-24(29)28-23-14-9-8-13-22(23)27/h6-9,11-14,16-17H,2-5,10,15,18,27H2,1H3,(H,28,29). The number of unbranched alkanes of at least 4 members (excludes halogenated alkanes) is 4. The van der Waals surface area contributed by atoms with E-state index in [2.05, 4.69) is 5.32 Å². The molecule has 168 valence electrons. The molecule has 3 rings (SSSR count). The Morgan fingerprint density at radius 1 is 0.875 bits per heavy atom. The summed E-state index contributed by atoms with van der Waals surface area (Å²) in [4.78, 5) is 24.2. The molecule has 3 aromatic rings. The normalized spacial score (nSPS) is 10.7. The van der Waals surface area contributed by atoms with E-state index in [1.807, 2.05) is 42.5 Å². The number of anilines is 2. The van der Waals surface area contributed by atoms with Crippen molar-refractivity contribution < 1.29 is 19.1 Å². The van der Waals surface area contributed by atoms with Gasteiger partial charge in [0.2, 0.25) is 5.91 Å². The van der Waals surface area contributed by atoms with Crippen LogP contribution >= 0.6 is 0 Å². The minimum absolute atomic E-state index is 0.0162. The van der Waals surface area contributed by atoms with Crippen molar-refractivity contribution in [3.63, 3.8) is 0 Å². The van der Waals surface area contributed by atoms with Crippen LogP contribution in [0.1, 0.15) is 48.9 Å². The molecule has 0 bridgehead atoms. The zero-order valence-corrected chi connectivity index (χ0v) is 18.4. The molecule has 0 aliphatic carbocycles. The van der Waals surface area contributed by atoms with Crippen molar-refractivity contribution in [1.29, 1.82) is 0 Å². The maximum Gasteiger partial charge on any atom is 0.341 e. The van der Waals surface area contributed by atoms with Gasteiger partial charge in [-0.3, -0.25) is 4.79 Å². The number of para-hydroxylation sites is 2. The second kappa shape index (κ2) is 11.7. The van der Waals surface area contributed by atoms with Crippen LogP contribution in [-0.4, -0.2) is 25.6 Å². The number of benzene rings is 3. The Morgan fingerprint density at radius 3 is 2.41 bits per heavy atom. The maximum atomic E-state index is 12.1. The van der Waals surface area contributed by atoms with Crippen LogP contribution in [0.4, 0.5) is 11.4 Å². The average Bonchev–Trinajstić information content (AvgIpc) is 2.81. The molecular formula is C26H30N2O4. The quantitative estimate of drug-likeness (QED) is 0.234. The molecule has 0 atom stereocenters. The highest BCUT2D eigenvalue weighted by atomic mass is 16.5. The summed E-state index contributed by atoms with van der Waals surface area (Å²) in [6, 6.07) is 18.7. The molecule has 6 heteroatoms. The lowest BCUT2D eigenvalue weighted by molar-refractivity contribution is -0.116. The second-order valence-electron chi connectivity index (χ2n) is 7.66. The monoisotopic (exact) mass is 434 g/mol. The van der Waals surface area contributed by atoms with Crippen molar-refractivity contribution in [3.05, 3.63) is 66.2 Å². The van der Waals surface area contributed by atoms with E-state index in [4.69, 9.17) is 15.2 Å². The maximum absolute atomic E-state index is 12.1. The number of esters is 1. The van der Waals surface area contributed by atoms with Crippen LogP contribution in [-0.2, 0) is 9.53 Å². The van der Waals surface area contributed by atoms with Crippen LogP contribution in [0.15, 0.2) is 60.7 Å². The van der Waals surface area contributed by atoms with Crippen molar-refractivity contribution >= 4 is 34.0 Å². The summed E-state index contributed by atoms with van der Waals surface area (Å²) in [6.45, 7) is 0.520. The number of fused-ring (bicyclic) bond motifs is 1. The highest BCUT2D eigenvalue weighted by Crippen LogP contribution is 2.30. The molecule has 0 aliphatic rings. The summed E-state index contributed by atoms with van der Waals surface area (Å²) >= 11 is 0. The number of hydrogen-bond donors (Lipinski definition) is 2. The summed E-state index contributed by atoms with van der Waals surface area (Å²) < 4.78 is 10.9. The molecule has 6 nitrogen and oxygen atoms in total. The van der Waals surface area contributed by atoms with Gasteiger partial charge < -0.3 is 20.5 Å². The van der Waals surface area contributed by atoms with E-state index in [1.54, 1.807) is 18.2 Å². The molecule has 0 radical (unpaired) electrons. The zero-order valence-electron chi connectivity index (χ0n) is 18.4. The van der Waals surface area contributed by atoms with Crippen molar-refractivity contribution in [2.24, 2.45) is 0 Å². The van der Waals surface area contributed by atoms with Gasteiger partial charge in [0.15, 0.2) is 0 Å². The van der Waals surface area contributed by atoms with Crippen LogP contribution in [0.5, 0.6) is 5.75 Å². The van der Waals surface area contributed by atoms with Gasteiger partial charge in [-0.25, -0.2) is 4.79 Å². The Labute approximate surface area is 188 Å². The third-order valence-electron chi connectivity index (χ3n) is 5.31. The molecule has 3 aromatic carbocycles. The number of nitrogens with two attached hydrogens (primary N) is 1. The lowest BCUT2D eigenvalue weighted by atomic mass is 10.1. The second-order valence-corrected chi connectivity index (χ2v) is 7.66. The molecule has 0 saturated heterocycles. The summed E-state index contributed by atoms with van der Waals surface area (Å²) in [6.07, 6.45) is 5.16. The summed E-state index contributed by atoms with van der Waals surface area (Å²) in [5.41, 5.74) is 7.52. The fourth-order valence-corrected chi connectivity index (χ4v) is 3.58. The minimum atomic E-state index is -0.402. The van der Waals surface area contributed by atoms with E-state index in [0.717, 1.165) is 42.9 Å². The summed E-state index contributed by atoms with van der Waals surface area (Å²) in [5, 5.41) is 4.77. The number of methoxy groups -OCH3 is 1. The highest BCUT2D eigenvalue weighted by molar-refractivity contribution is 6.01. The first-order chi connectivity index (χ1) is 15.6. The molecule has 0 saturated carbocycles. The third kappa shape index (κ3) is 6.23. The Morgan fingerprint density at radius 2 is 1.59 bits per heavy atom. The van der Waals surface area contributed by atoms with Gasteiger partial charge in [0.25, 0.3) is 0 Å². The smallest absolute Gasteiger partial charge is 0.341 e. The first kappa shape index (κ1) is 23.1. The fourth-order valence-electron chi connectivity index (χ4n) is 3.58. The van der Waals surface area contributed by atoms with Crippen molar-refractivity contribution in [1.82, 2.24) is 0 Å². The minimum Gasteiger partial charge on any atom is -0.492 e. The van der Waals surface area contributed by atoms with Crippen molar-refractivity contribution in [3.8, 4) is 5.75 Å². The Hall–Kier alpha value is -3.54. The van der Waals surface area contributed by atoms with Gasteiger partial charge in [0.05, 0.1) is 25.1 Å². The Balaban J connectivity index is 1.39. The SMILES string of the molecule is COC(=O)c1ccc2ccccc2c1OCCCCCCCC(=O)Nc1ccccc1N. The number of nitrogens with one attached hydrogen (secondary N) is 1.